The summed E-state index contributed by atoms with van der Waals surface area (Å²) in [7, 11) is 5.30. The molecule has 0 atom stereocenters. The molecule has 0 spiro atoms. The molecular formula is C24H21ClN2O3. The summed E-state index contributed by atoms with van der Waals surface area (Å²) in [6.45, 7) is 0.259. The molecule has 4 aromatic rings. The van der Waals surface area contributed by atoms with E-state index in [2.05, 4.69) is 0 Å². The number of ether oxygens (including phenoxy) is 1. The van der Waals surface area contributed by atoms with Gasteiger partial charge in [-0.2, -0.15) is 0 Å². The van der Waals surface area contributed by atoms with E-state index in [1.807, 2.05) is 53.7 Å². The summed E-state index contributed by atoms with van der Waals surface area (Å²) in [4.78, 5) is 28.1. The molecule has 2 heterocycles. The number of likely N-dealkylation sites (N-methyl/N-ethyl adjacent to an activating group) is 1. The molecule has 0 aliphatic carbocycles. The van der Waals surface area contributed by atoms with E-state index in [-0.39, 0.29) is 18.1 Å². The largest absolute Gasteiger partial charge is 0.497 e. The van der Waals surface area contributed by atoms with Crippen LogP contribution < -0.4 is 4.74 Å². The highest BCUT2D eigenvalue weighted by atomic mass is 35.5. The number of Topliss-reactive ketones (excluding diaryl/α,β-unsaturated/α-hetero) is 1. The van der Waals surface area contributed by atoms with E-state index in [0.29, 0.717) is 27.4 Å². The number of benzene rings is 2. The minimum absolute atomic E-state index is 0.0412. The lowest BCUT2D eigenvalue weighted by atomic mass is 10.1. The number of methoxy groups -OCH3 is 1. The number of ketones is 2. The van der Waals surface area contributed by atoms with Crippen molar-refractivity contribution in [3.8, 4) is 5.75 Å². The van der Waals surface area contributed by atoms with Crippen LogP contribution in [0, 0.1) is 0 Å². The number of hydrogen-bond acceptors (Lipinski definition) is 4. The Hall–Kier alpha value is -3.15. The fourth-order valence-corrected chi connectivity index (χ4v) is 3.75. The van der Waals surface area contributed by atoms with Crippen LogP contribution in [0.15, 0.2) is 60.7 Å². The van der Waals surface area contributed by atoms with Crippen LogP contribution in [-0.2, 0) is 0 Å². The van der Waals surface area contributed by atoms with Crippen LogP contribution in [0.5, 0.6) is 5.75 Å². The first-order valence-corrected chi connectivity index (χ1v) is 9.87. The van der Waals surface area contributed by atoms with Crippen molar-refractivity contribution in [2.24, 2.45) is 0 Å². The molecule has 0 aliphatic heterocycles. The van der Waals surface area contributed by atoms with Crippen molar-refractivity contribution in [2.75, 3.05) is 27.7 Å². The first kappa shape index (κ1) is 20.1. The third-order valence-electron chi connectivity index (χ3n) is 5.03. The van der Waals surface area contributed by atoms with Crippen LogP contribution in [-0.4, -0.2) is 48.6 Å². The Labute approximate surface area is 179 Å². The molecule has 0 amide bonds. The number of aromatic nitrogens is 1. The second-order valence-corrected chi connectivity index (χ2v) is 7.86. The normalized spacial score (nSPS) is 11.4. The van der Waals surface area contributed by atoms with Gasteiger partial charge in [-0.25, -0.2) is 0 Å². The standard InChI is InChI=1S/C24H21ClN2O3/c1-26(2)14-23(28)19-13-22(24(29)15-4-7-17(25)8-5-15)27-20-11-9-18(30-3)12-16(20)6-10-21(19)27/h4-13H,14H2,1-3H3. The van der Waals surface area contributed by atoms with Gasteiger partial charge in [0.2, 0.25) is 5.78 Å². The lowest BCUT2D eigenvalue weighted by Crippen LogP contribution is -2.21. The van der Waals surface area contributed by atoms with Crippen molar-refractivity contribution >= 4 is 39.6 Å². The lowest BCUT2D eigenvalue weighted by molar-refractivity contribution is 0.0959. The first-order valence-electron chi connectivity index (χ1n) is 9.49. The topological polar surface area (TPSA) is 51.0 Å². The Bertz CT molecular complexity index is 1270. The molecule has 2 aromatic heterocycles. The highest BCUT2D eigenvalue weighted by Gasteiger charge is 2.22. The second-order valence-electron chi connectivity index (χ2n) is 7.42. The molecule has 0 N–H and O–H groups in total. The quantitative estimate of drug-likeness (QED) is 0.423. The summed E-state index contributed by atoms with van der Waals surface area (Å²) >= 11 is 5.98. The third kappa shape index (κ3) is 3.58. The maximum Gasteiger partial charge on any atom is 0.209 e. The molecule has 0 saturated heterocycles. The highest BCUT2D eigenvalue weighted by molar-refractivity contribution is 6.30. The van der Waals surface area contributed by atoms with Crippen molar-refractivity contribution in [1.82, 2.24) is 9.30 Å². The van der Waals surface area contributed by atoms with Gasteiger partial charge in [0.1, 0.15) is 5.75 Å². The molecule has 2 aromatic carbocycles. The molecule has 0 unspecified atom stereocenters. The van der Waals surface area contributed by atoms with Crippen LogP contribution >= 0.6 is 11.6 Å². The second kappa shape index (κ2) is 7.94. The molecule has 0 aliphatic rings. The van der Waals surface area contributed by atoms with Crippen LogP contribution in [0.1, 0.15) is 26.4 Å². The van der Waals surface area contributed by atoms with Gasteiger partial charge >= 0.3 is 0 Å². The van der Waals surface area contributed by atoms with Gasteiger partial charge in [0.25, 0.3) is 0 Å². The number of rotatable bonds is 6. The third-order valence-corrected chi connectivity index (χ3v) is 5.29. The zero-order valence-corrected chi connectivity index (χ0v) is 17.7. The van der Waals surface area contributed by atoms with Gasteiger partial charge in [-0.05, 0) is 68.7 Å². The van der Waals surface area contributed by atoms with E-state index in [4.69, 9.17) is 16.3 Å². The number of carbonyl (C=O) groups excluding carboxylic acids is 2. The molecule has 0 fully saturated rings. The molecular weight excluding hydrogens is 400 g/mol. The van der Waals surface area contributed by atoms with Gasteiger partial charge in [-0.15, -0.1) is 0 Å². The van der Waals surface area contributed by atoms with Crippen molar-refractivity contribution in [3.05, 3.63) is 82.5 Å². The van der Waals surface area contributed by atoms with Gasteiger partial charge in [0, 0.05) is 21.5 Å². The SMILES string of the molecule is COc1ccc2c(ccc3c(C(=O)CN(C)C)cc(C(=O)c4ccc(Cl)cc4)n32)c1. The minimum Gasteiger partial charge on any atom is -0.497 e. The molecule has 6 heteroatoms. The van der Waals surface area contributed by atoms with Gasteiger partial charge in [-0.1, -0.05) is 17.7 Å². The van der Waals surface area contributed by atoms with Gasteiger partial charge in [0.05, 0.1) is 30.4 Å². The average molecular weight is 421 g/mol. The minimum atomic E-state index is -0.172. The maximum atomic E-state index is 13.4. The number of pyridine rings is 1. The average Bonchev–Trinajstić information content (AvgIpc) is 3.13. The van der Waals surface area contributed by atoms with E-state index >= 15 is 0 Å². The Balaban J connectivity index is 1.99. The highest BCUT2D eigenvalue weighted by Crippen LogP contribution is 2.28. The van der Waals surface area contributed by atoms with Gasteiger partial charge in [-0.3, -0.25) is 9.59 Å². The van der Waals surface area contributed by atoms with Crippen molar-refractivity contribution in [1.29, 1.82) is 0 Å². The zero-order valence-electron chi connectivity index (χ0n) is 17.0. The summed E-state index contributed by atoms with van der Waals surface area (Å²) in [6, 6.07) is 17.9. The summed E-state index contributed by atoms with van der Waals surface area (Å²) < 4.78 is 7.19. The molecule has 30 heavy (non-hydrogen) atoms. The summed E-state index contributed by atoms with van der Waals surface area (Å²) in [5.41, 5.74) is 3.01. The number of halogens is 1. The fraction of sp³-hybridized carbons (Fsp3) is 0.167. The number of fused-ring (bicyclic) bond motifs is 3. The molecule has 0 saturated carbocycles. The first-order chi connectivity index (χ1) is 14.4. The zero-order chi connectivity index (χ0) is 21.4. The predicted octanol–water partition coefficient (Wildman–Crippen LogP) is 4.73. The molecule has 0 radical (unpaired) electrons. The Kier molecular flexibility index (Phi) is 5.33. The smallest absolute Gasteiger partial charge is 0.209 e. The lowest BCUT2D eigenvalue weighted by Gasteiger charge is -2.10. The summed E-state index contributed by atoms with van der Waals surface area (Å²) in [5, 5.41) is 1.47. The van der Waals surface area contributed by atoms with Crippen LogP contribution in [0.4, 0.5) is 0 Å². The summed E-state index contributed by atoms with van der Waals surface area (Å²) in [5.74, 6) is 0.512. The van der Waals surface area contributed by atoms with Crippen LogP contribution in [0.3, 0.4) is 0 Å². The molecule has 152 valence electrons. The number of nitrogens with zero attached hydrogens (tertiary/aromatic N) is 2. The van der Waals surface area contributed by atoms with E-state index in [1.54, 1.807) is 37.4 Å². The van der Waals surface area contributed by atoms with Gasteiger partial charge < -0.3 is 14.0 Å². The summed E-state index contributed by atoms with van der Waals surface area (Å²) in [6.07, 6.45) is 0. The number of hydrogen-bond donors (Lipinski definition) is 0. The Morgan fingerprint density at radius 3 is 2.33 bits per heavy atom. The van der Waals surface area contributed by atoms with E-state index < -0.39 is 0 Å². The van der Waals surface area contributed by atoms with Crippen molar-refractivity contribution in [2.45, 2.75) is 0 Å². The Morgan fingerprint density at radius 1 is 0.967 bits per heavy atom. The van der Waals surface area contributed by atoms with Crippen LogP contribution in [0.25, 0.3) is 16.4 Å². The van der Waals surface area contributed by atoms with Crippen molar-refractivity contribution < 1.29 is 14.3 Å². The predicted molar refractivity (Wildman–Crippen MR) is 119 cm³/mol. The fourth-order valence-electron chi connectivity index (χ4n) is 3.63. The molecule has 0 bridgehead atoms. The monoisotopic (exact) mass is 420 g/mol. The molecule has 4 rings (SSSR count). The van der Waals surface area contributed by atoms with E-state index in [1.165, 1.54) is 0 Å². The maximum absolute atomic E-state index is 13.4. The van der Waals surface area contributed by atoms with E-state index in [9.17, 15) is 9.59 Å². The van der Waals surface area contributed by atoms with E-state index in [0.717, 1.165) is 16.7 Å². The van der Waals surface area contributed by atoms with Crippen molar-refractivity contribution in [3.63, 3.8) is 0 Å². The van der Waals surface area contributed by atoms with Crippen LogP contribution in [0.2, 0.25) is 5.02 Å². The van der Waals surface area contributed by atoms with Gasteiger partial charge in [0.15, 0.2) is 5.78 Å². The molecule has 5 nitrogen and oxygen atoms in total. The number of carbonyl (C=O) groups is 2. The Morgan fingerprint density at radius 2 is 1.67 bits per heavy atom.